The minimum absolute atomic E-state index is 0.273. The molecule has 0 bridgehead atoms. The smallest absolute Gasteiger partial charge is 0.222 e. The van der Waals surface area contributed by atoms with Crippen LogP contribution in [0.5, 0.6) is 11.5 Å². The number of rotatable bonds is 4. The standard InChI is InChI=1S/C15H19N3O3/c1-19-13-9-12(18-5-3-4-6-18)14(20-2)7-10(13)11-8-15(16)21-17-11/h7-9H,3-6,16H2,1-2H3. The number of nitrogens with zero attached hydrogens (tertiary/aromatic N) is 2. The van der Waals surface area contributed by atoms with Gasteiger partial charge in [-0.1, -0.05) is 5.16 Å². The van der Waals surface area contributed by atoms with Crippen molar-refractivity contribution in [1.82, 2.24) is 5.16 Å². The summed E-state index contributed by atoms with van der Waals surface area (Å²) >= 11 is 0. The molecule has 21 heavy (non-hydrogen) atoms. The van der Waals surface area contributed by atoms with Gasteiger partial charge in [0.05, 0.1) is 19.9 Å². The molecule has 1 aromatic carbocycles. The second-order valence-electron chi connectivity index (χ2n) is 5.03. The van der Waals surface area contributed by atoms with Crippen LogP contribution in [0.3, 0.4) is 0 Å². The first-order chi connectivity index (χ1) is 10.2. The molecule has 0 aliphatic carbocycles. The summed E-state index contributed by atoms with van der Waals surface area (Å²) in [7, 11) is 3.31. The van der Waals surface area contributed by atoms with Crippen LogP contribution in [-0.2, 0) is 0 Å². The Morgan fingerprint density at radius 1 is 1.10 bits per heavy atom. The van der Waals surface area contributed by atoms with Gasteiger partial charge in [0.15, 0.2) is 0 Å². The van der Waals surface area contributed by atoms with Crippen LogP contribution < -0.4 is 20.1 Å². The third-order valence-electron chi connectivity index (χ3n) is 3.75. The first kappa shape index (κ1) is 13.6. The van der Waals surface area contributed by atoms with Gasteiger partial charge < -0.3 is 24.6 Å². The predicted octanol–water partition coefficient (Wildman–Crippen LogP) is 2.54. The number of hydrogen-bond donors (Lipinski definition) is 1. The van der Waals surface area contributed by atoms with E-state index in [9.17, 15) is 0 Å². The number of ether oxygens (including phenoxy) is 2. The molecule has 2 N–H and O–H groups in total. The zero-order chi connectivity index (χ0) is 14.8. The molecule has 6 nitrogen and oxygen atoms in total. The molecule has 3 rings (SSSR count). The number of hydrogen-bond acceptors (Lipinski definition) is 6. The summed E-state index contributed by atoms with van der Waals surface area (Å²) in [4.78, 5) is 2.31. The highest BCUT2D eigenvalue weighted by Crippen LogP contribution is 2.41. The van der Waals surface area contributed by atoms with E-state index in [0.29, 0.717) is 5.69 Å². The van der Waals surface area contributed by atoms with Gasteiger partial charge in [0.25, 0.3) is 0 Å². The normalized spacial score (nSPS) is 14.5. The number of methoxy groups -OCH3 is 2. The van der Waals surface area contributed by atoms with E-state index in [1.165, 1.54) is 12.8 Å². The van der Waals surface area contributed by atoms with E-state index in [0.717, 1.165) is 35.8 Å². The molecule has 0 spiro atoms. The number of benzene rings is 1. The van der Waals surface area contributed by atoms with Gasteiger partial charge in [0.2, 0.25) is 5.88 Å². The zero-order valence-electron chi connectivity index (χ0n) is 12.3. The maximum Gasteiger partial charge on any atom is 0.222 e. The molecule has 0 amide bonds. The van der Waals surface area contributed by atoms with Crippen molar-refractivity contribution in [3.8, 4) is 22.8 Å². The van der Waals surface area contributed by atoms with Gasteiger partial charge >= 0.3 is 0 Å². The summed E-state index contributed by atoms with van der Waals surface area (Å²) in [5, 5.41) is 3.95. The van der Waals surface area contributed by atoms with Gasteiger partial charge in [-0.3, -0.25) is 0 Å². The Labute approximate surface area is 123 Å². The summed E-state index contributed by atoms with van der Waals surface area (Å²) in [6, 6.07) is 5.58. The van der Waals surface area contributed by atoms with E-state index in [1.54, 1.807) is 20.3 Å². The Hall–Kier alpha value is -2.37. The molecule has 1 fully saturated rings. The maximum absolute atomic E-state index is 5.60. The third-order valence-corrected chi connectivity index (χ3v) is 3.75. The van der Waals surface area contributed by atoms with Gasteiger partial charge in [0, 0.05) is 30.8 Å². The summed E-state index contributed by atoms with van der Waals surface area (Å²) in [6.07, 6.45) is 2.40. The monoisotopic (exact) mass is 289 g/mol. The van der Waals surface area contributed by atoms with Crippen LogP contribution >= 0.6 is 0 Å². The van der Waals surface area contributed by atoms with Gasteiger partial charge in [-0.2, -0.15) is 0 Å². The lowest BCUT2D eigenvalue weighted by Gasteiger charge is -2.22. The summed E-state index contributed by atoms with van der Waals surface area (Å²) in [6.45, 7) is 2.07. The minimum Gasteiger partial charge on any atom is -0.496 e. The molecular weight excluding hydrogens is 270 g/mol. The van der Waals surface area contributed by atoms with Crippen LogP contribution in [0.15, 0.2) is 22.7 Å². The van der Waals surface area contributed by atoms with Crippen molar-refractivity contribution < 1.29 is 14.0 Å². The van der Waals surface area contributed by atoms with Crippen LogP contribution in [0.4, 0.5) is 11.6 Å². The van der Waals surface area contributed by atoms with E-state index < -0.39 is 0 Å². The van der Waals surface area contributed by atoms with Crippen LogP contribution in [0.1, 0.15) is 12.8 Å². The van der Waals surface area contributed by atoms with Crippen LogP contribution in [0, 0.1) is 0 Å². The second kappa shape index (κ2) is 5.55. The fraction of sp³-hybridized carbons (Fsp3) is 0.400. The number of nitrogens with two attached hydrogens (primary N) is 1. The van der Waals surface area contributed by atoms with E-state index in [1.807, 2.05) is 12.1 Å². The lowest BCUT2D eigenvalue weighted by molar-refractivity contribution is 0.403. The Balaban J connectivity index is 2.08. The van der Waals surface area contributed by atoms with Crippen LogP contribution in [-0.4, -0.2) is 32.5 Å². The number of aromatic nitrogens is 1. The van der Waals surface area contributed by atoms with Gasteiger partial charge in [0.1, 0.15) is 17.2 Å². The van der Waals surface area contributed by atoms with Crippen molar-refractivity contribution in [2.24, 2.45) is 0 Å². The molecule has 1 saturated heterocycles. The summed E-state index contributed by atoms with van der Waals surface area (Å²) < 4.78 is 16.0. The van der Waals surface area contributed by atoms with E-state index >= 15 is 0 Å². The first-order valence-electron chi connectivity index (χ1n) is 6.96. The Morgan fingerprint density at radius 2 is 1.81 bits per heavy atom. The average molecular weight is 289 g/mol. The second-order valence-corrected chi connectivity index (χ2v) is 5.03. The molecule has 1 aliphatic rings. The zero-order valence-corrected chi connectivity index (χ0v) is 12.3. The van der Waals surface area contributed by atoms with Crippen molar-refractivity contribution in [1.29, 1.82) is 0 Å². The van der Waals surface area contributed by atoms with Gasteiger partial charge in [-0.15, -0.1) is 0 Å². The first-order valence-corrected chi connectivity index (χ1v) is 6.96. The number of anilines is 2. The van der Waals surface area contributed by atoms with E-state index in [-0.39, 0.29) is 5.88 Å². The quantitative estimate of drug-likeness (QED) is 0.932. The Morgan fingerprint density at radius 3 is 2.38 bits per heavy atom. The molecule has 2 heterocycles. The molecule has 0 unspecified atom stereocenters. The number of nitrogen functional groups attached to an aromatic ring is 1. The lowest BCUT2D eigenvalue weighted by Crippen LogP contribution is -2.18. The molecule has 112 valence electrons. The van der Waals surface area contributed by atoms with Gasteiger partial charge in [-0.25, -0.2) is 0 Å². The van der Waals surface area contributed by atoms with Crippen molar-refractivity contribution in [3.05, 3.63) is 18.2 Å². The summed E-state index contributed by atoms with van der Waals surface area (Å²) in [5.74, 6) is 1.80. The fourth-order valence-corrected chi connectivity index (χ4v) is 2.70. The highest BCUT2D eigenvalue weighted by Gasteiger charge is 2.21. The lowest BCUT2D eigenvalue weighted by atomic mass is 10.1. The highest BCUT2D eigenvalue weighted by atomic mass is 16.5. The predicted molar refractivity (Wildman–Crippen MR) is 80.9 cm³/mol. The Bertz CT molecular complexity index is 633. The molecule has 0 radical (unpaired) electrons. The maximum atomic E-state index is 5.60. The Kier molecular flexibility index (Phi) is 3.60. The van der Waals surface area contributed by atoms with Crippen molar-refractivity contribution in [2.45, 2.75) is 12.8 Å². The molecular formula is C15H19N3O3. The molecule has 0 atom stereocenters. The third kappa shape index (κ3) is 2.49. The van der Waals surface area contributed by atoms with Crippen LogP contribution in [0.2, 0.25) is 0 Å². The molecule has 0 saturated carbocycles. The van der Waals surface area contributed by atoms with Gasteiger partial charge in [-0.05, 0) is 18.9 Å². The SMILES string of the molecule is COc1cc(N2CCCC2)c(OC)cc1-c1cc(N)on1. The molecule has 2 aromatic rings. The largest absolute Gasteiger partial charge is 0.496 e. The van der Waals surface area contributed by atoms with E-state index in [4.69, 9.17) is 19.7 Å². The van der Waals surface area contributed by atoms with E-state index in [2.05, 4.69) is 10.1 Å². The van der Waals surface area contributed by atoms with Crippen LogP contribution in [0.25, 0.3) is 11.3 Å². The molecule has 6 heteroatoms. The van der Waals surface area contributed by atoms with Crippen molar-refractivity contribution in [3.63, 3.8) is 0 Å². The molecule has 1 aromatic heterocycles. The summed E-state index contributed by atoms with van der Waals surface area (Å²) in [5.41, 5.74) is 8.08. The minimum atomic E-state index is 0.273. The average Bonchev–Trinajstić information content (AvgIpc) is 3.17. The van der Waals surface area contributed by atoms with Crippen molar-refractivity contribution >= 4 is 11.6 Å². The van der Waals surface area contributed by atoms with Crippen molar-refractivity contribution in [2.75, 3.05) is 37.9 Å². The highest BCUT2D eigenvalue weighted by molar-refractivity contribution is 5.77. The fourth-order valence-electron chi connectivity index (χ4n) is 2.70. The molecule has 1 aliphatic heterocycles. The topological polar surface area (TPSA) is 73.8 Å².